The molecule has 3 nitrogen and oxygen atoms in total. The van der Waals surface area contributed by atoms with Gasteiger partial charge in [-0.1, -0.05) is 12.1 Å². The van der Waals surface area contributed by atoms with Crippen molar-refractivity contribution in [2.75, 3.05) is 13.7 Å². The van der Waals surface area contributed by atoms with Gasteiger partial charge >= 0.3 is 0 Å². The van der Waals surface area contributed by atoms with E-state index in [1.54, 1.807) is 7.11 Å². The second kappa shape index (κ2) is 4.64. The van der Waals surface area contributed by atoms with E-state index in [0.717, 1.165) is 24.3 Å². The van der Waals surface area contributed by atoms with Gasteiger partial charge in [-0.2, -0.15) is 0 Å². The van der Waals surface area contributed by atoms with E-state index >= 15 is 0 Å². The molecular weight excluding hydrogens is 192 g/mol. The summed E-state index contributed by atoms with van der Waals surface area (Å²) in [5, 5.41) is 0. The fourth-order valence-corrected chi connectivity index (χ4v) is 1.60. The van der Waals surface area contributed by atoms with Crippen LogP contribution in [-0.2, 0) is 9.47 Å². The van der Waals surface area contributed by atoms with Crippen LogP contribution in [0.2, 0.25) is 0 Å². The van der Waals surface area contributed by atoms with Crippen molar-refractivity contribution in [3.8, 4) is 5.75 Å². The van der Waals surface area contributed by atoms with Crippen molar-refractivity contribution in [3.63, 3.8) is 0 Å². The molecule has 1 aliphatic rings. The standard InChI is InChI=1S/C12H16O3/c1-9-7-8-14-12(15-9)10-3-5-11(13-2)6-4-10/h3-6,9,12H,7-8H2,1-2H3. The third-order valence-corrected chi connectivity index (χ3v) is 2.54. The van der Waals surface area contributed by atoms with Gasteiger partial charge in [-0.3, -0.25) is 0 Å². The second-order valence-electron chi connectivity index (χ2n) is 3.71. The van der Waals surface area contributed by atoms with Crippen LogP contribution in [0.15, 0.2) is 24.3 Å². The van der Waals surface area contributed by atoms with Crippen molar-refractivity contribution in [1.29, 1.82) is 0 Å². The summed E-state index contributed by atoms with van der Waals surface area (Å²) < 4.78 is 16.3. The smallest absolute Gasteiger partial charge is 0.184 e. The van der Waals surface area contributed by atoms with Crippen LogP contribution >= 0.6 is 0 Å². The largest absolute Gasteiger partial charge is 0.497 e. The van der Waals surface area contributed by atoms with Crippen LogP contribution in [0, 0.1) is 0 Å². The highest BCUT2D eigenvalue weighted by atomic mass is 16.7. The van der Waals surface area contributed by atoms with E-state index < -0.39 is 0 Å². The zero-order chi connectivity index (χ0) is 10.7. The quantitative estimate of drug-likeness (QED) is 0.747. The molecule has 0 aliphatic carbocycles. The lowest BCUT2D eigenvalue weighted by Gasteiger charge is -2.28. The normalized spacial score (nSPS) is 26.3. The Kier molecular flexibility index (Phi) is 3.23. The highest BCUT2D eigenvalue weighted by Crippen LogP contribution is 2.27. The van der Waals surface area contributed by atoms with Gasteiger partial charge in [-0.25, -0.2) is 0 Å². The highest BCUT2D eigenvalue weighted by molar-refractivity contribution is 5.27. The lowest BCUT2D eigenvalue weighted by molar-refractivity contribution is -0.212. The van der Waals surface area contributed by atoms with Gasteiger partial charge in [-0.15, -0.1) is 0 Å². The van der Waals surface area contributed by atoms with E-state index in [0.29, 0.717) is 0 Å². The Bertz CT molecular complexity index is 307. The van der Waals surface area contributed by atoms with Crippen molar-refractivity contribution in [2.24, 2.45) is 0 Å². The number of methoxy groups -OCH3 is 1. The summed E-state index contributed by atoms with van der Waals surface area (Å²) in [6.07, 6.45) is 1.01. The van der Waals surface area contributed by atoms with Crippen LogP contribution in [0.4, 0.5) is 0 Å². The Morgan fingerprint density at radius 1 is 1.27 bits per heavy atom. The monoisotopic (exact) mass is 208 g/mol. The number of benzene rings is 1. The minimum absolute atomic E-state index is 0.223. The molecule has 1 aromatic carbocycles. The number of hydrogen-bond acceptors (Lipinski definition) is 3. The minimum atomic E-state index is -0.223. The van der Waals surface area contributed by atoms with Gasteiger partial charge in [-0.05, 0) is 25.5 Å². The van der Waals surface area contributed by atoms with Gasteiger partial charge in [0.1, 0.15) is 5.75 Å². The first-order valence-corrected chi connectivity index (χ1v) is 5.20. The van der Waals surface area contributed by atoms with Gasteiger partial charge in [0.05, 0.1) is 19.8 Å². The summed E-state index contributed by atoms with van der Waals surface area (Å²) in [5.74, 6) is 0.850. The summed E-state index contributed by atoms with van der Waals surface area (Å²) in [4.78, 5) is 0. The van der Waals surface area contributed by atoms with Crippen LogP contribution in [-0.4, -0.2) is 19.8 Å². The summed E-state index contributed by atoms with van der Waals surface area (Å²) in [7, 11) is 1.66. The van der Waals surface area contributed by atoms with Crippen molar-refractivity contribution >= 4 is 0 Å². The average molecular weight is 208 g/mol. The van der Waals surface area contributed by atoms with Crippen molar-refractivity contribution in [2.45, 2.75) is 25.7 Å². The molecule has 1 aliphatic heterocycles. The van der Waals surface area contributed by atoms with E-state index in [9.17, 15) is 0 Å². The summed E-state index contributed by atoms with van der Waals surface area (Å²) >= 11 is 0. The molecule has 2 unspecified atom stereocenters. The molecule has 3 heteroatoms. The van der Waals surface area contributed by atoms with Crippen LogP contribution < -0.4 is 4.74 Å². The second-order valence-corrected chi connectivity index (χ2v) is 3.71. The first-order chi connectivity index (χ1) is 7.29. The van der Waals surface area contributed by atoms with E-state index in [1.165, 1.54) is 0 Å². The van der Waals surface area contributed by atoms with E-state index in [1.807, 2.05) is 24.3 Å². The molecule has 0 radical (unpaired) electrons. The first-order valence-electron chi connectivity index (χ1n) is 5.20. The topological polar surface area (TPSA) is 27.7 Å². The Morgan fingerprint density at radius 3 is 2.60 bits per heavy atom. The number of rotatable bonds is 2. The summed E-state index contributed by atoms with van der Waals surface area (Å²) in [6, 6.07) is 7.78. The van der Waals surface area contributed by atoms with Crippen LogP contribution in [0.25, 0.3) is 0 Å². The molecule has 0 aromatic heterocycles. The van der Waals surface area contributed by atoms with Crippen LogP contribution in [0.5, 0.6) is 5.75 Å². The van der Waals surface area contributed by atoms with Gasteiger partial charge < -0.3 is 14.2 Å². The predicted molar refractivity (Wildman–Crippen MR) is 56.9 cm³/mol. The van der Waals surface area contributed by atoms with Crippen molar-refractivity contribution < 1.29 is 14.2 Å². The van der Waals surface area contributed by atoms with E-state index in [-0.39, 0.29) is 12.4 Å². The third kappa shape index (κ3) is 2.49. The molecule has 15 heavy (non-hydrogen) atoms. The van der Waals surface area contributed by atoms with E-state index in [4.69, 9.17) is 14.2 Å². The third-order valence-electron chi connectivity index (χ3n) is 2.54. The molecule has 1 heterocycles. The molecule has 2 rings (SSSR count). The van der Waals surface area contributed by atoms with Gasteiger partial charge in [0.25, 0.3) is 0 Å². The zero-order valence-electron chi connectivity index (χ0n) is 9.10. The fraction of sp³-hybridized carbons (Fsp3) is 0.500. The molecule has 0 saturated carbocycles. The lowest BCUT2D eigenvalue weighted by Crippen LogP contribution is -2.24. The van der Waals surface area contributed by atoms with Gasteiger partial charge in [0.2, 0.25) is 0 Å². The molecule has 0 amide bonds. The predicted octanol–water partition coefficient (Wildman–Crippen LogP) is 2.52. The summed E-state index contributed by atoms with van der Waals surface area (Å²) in [5.41, 5.74) is 1.04. The highest BCUT2D eigenvalue weighted by Gasteiger charge is 2.20. The fourth-order valence-electron chi connectivity index (χ4n) is 1.60. The SMILES string of the molecule is COc1ccc(C2OCCC(C)O2)cc1. The lowest BCUT2D eigenvalue weighted by atomic mass is 10.2. The number of hydrogen-bond donors (Lipinski definition) is 0. The van der Waals surface area contributed by atoms with Crippen LogP contribution in [0.1, 0.15) is 25.2 Å². The average Bonchev–Trinajstić information content (AvgIpc) is 2.29. The Balaban J connectivity index is 2.07. The minimum Gasteiger partial charge on any atom is -0.497 e. The van der Waals surface area contributed by atoms with Crippen molar-refractivity contribution in [1.82, 2.24) is 0 Å². The maximum absolute atomic E-state index is 5.68. The van der Waals surface area contributed by atoms with Crippen molar-refractivity contribution in [3.05, 3.63) is 29.8 Å². The maximum atomic E-state index is 5.68. The molecule has 2 atom stereocenters. The van der Waals surface area contributed by atoms with E-state index in [2.05, 4.69) is 6.92 Å². The molecule has 1 fully saturated rings. The Hall–Kier alpha value is -1.06. The first kappa shape index (κ1) is 10.5. The molecule has 82 valence electrons. The molecular formula is C12H16O3. The molecule has 0 spiro atoms. The Labute approximate surface area is 90.0 Å². The Morgan fingerprint density at radius 2 is 2.00 bits per heavy atom. The van der Waals surface area contributed by atoms with Gasteiger partial charge in [0, 0.05) is 5.56 Å². The molecule has 0 bridgehead atoms. The number of ether oxygens (including phenoxy) is 3. The van der Waals surface area contributed by atoms with Crippen LogP contribution in [0.3, 0.4) is 0 Å². The molecule has 1 saturated heterocycles. The summed E-state index contributed by atoms with van der Waals surface area (Å²) in [6.45, 7) is 2.83. The molecule has 1 aromatic rings. The maximum Gasteiger partial charge on any atom is 0.184 e. The van der Waals surface area contributed by atoms with Gasteiger partial charge in [0.15, 0.2) is 6.29 Å². The zero-order valence-corrected chi connectivity index (χ0v) is 9.10. The molecule has 0 N–H and O–H groups in total.